The maximum atomic E-state index is 11.6. The number of nitrogens with one attached hydrogen (secondary N) is 1. The van der Waals surface area contributed by atoms with Gasteiger partial charge >= 0.3 is 13.3 Å². The first-order valence-corrected chi connectivity index (χ1v) is 7.17. The molecule has 19 heavy (non-hydrogen) atoms. The van der Waals surface area contributed by atoms with E-state index >= 15 is 0 Å². The molecule has 108 valence electrons. The van der Waals surface area contributed by atoms with Crippen molar-refractivity contribution in [2.45, 2.75) is 12.6 Å². The standard InChI is InChI=1S/C9H16N3O6P/c1-10-8-2-3-12(9(14)11-8)4-7(5-13)18-6-19(15,16)17/h2-3,7,13H,4-6H2,1H3,(H,10,11,14)(H2,15,16,17)/t7-/m0/s1. The van der Waals surface area contributed by atoms with Crippen LogP contribution in [-0.2, 0) is 15.8 Å². The topological polar surface area (TPSA) is 134 Å². The minimum atomic E-state index is -4.31. The first-order chi connectivity index (χ1) is 8.85. The predicted molar refractivity (Wildman–Crippen MR) is 66.9 cm³/mol. The lowest BCUT2D eigenvalue weighted by Crippen LogP contribution is -2.32. The quantitative estimate of drug-likeness (QED) is 0.460. The summed E-state index contributed by atoms with van der Waals surface area (Å²) in [5.41, 5.74) is -0.551. The highest BCUT2D eigenvalue weighted by Gasteiger charge is 2.18. The number of hydrogen-bond donors (Lipinski definition) is 4. The molecule has 0 saturated heterocycles. The zero-order valence-corrected chi connectivity index (χ0v) is 11.2. The zero-order valence-electron chi connectivity index (χ0n) is 10.3. The van der Waals surface area contributed by atoms with E-state index in [4.69, 9.17) is 19.6 Å². The summed E-state index contributed by atoms with van der Waals surface area (Å²) >= 11 is 0. The number of aliphatic hydroxyl groups excluding tert-OH is 1. The number of anilines is 1. The first kappa shape index (κ1) is 15.8. The molecule has 1 atom stereocenters. The third kappa shape index (κ3) is 5.50. The predicted octanol–water partition coefficient (Wildman–Crippen LogP) is -1.20. The molecular formula is C9H16N3O6P. The van der Waals surface area contributed by atoms with Crippen LogP contribution in [0.5, 0.6) is 0 Å². The van der Waals surface area contributed by atoms with Gasteiger partial charge in [-0.2, -0.15) is 4.98 Å². The Bertz CT molecular complexity index is 513. The molecule has 0 spiro atoms. The third-order valence-corrected chi connectivity index (χ3v) is 2.70. The van der Waals surface area contributed by atoms with Gasteiger partial charge in [0, 0.05) is 13.2 Å². The van der Waals surface area contributed by atoms with Crippen LogP contribution in [0.4, 0.5) is 5.82 Å². The second-order valence-electron chi connectivity index (χ2n) is 3.76. The van der Waals surface area contributed by atoms with Gasteiger partial charge in [0.1, 0.15) is 12.2 Å². The van der Waals surface area contributed by atoms with Gasteiger partial charge < -0.3 is 24.9 Å². The third-order valence-electron chi connectivity index (χ3n) is 2.21. The molecule has 0 fully saturated rings. The van der Waals surface area contributed by atoms with E-state index < -0.39 is 32.3 Å². The molecule has 9 nitrogen and oxygen atoms in total. The Labute approximate surface area is 109 Å². The van der Waals surface area contributed by atoms with Gasteiger partial charge in [0.25, 0.3) is 0 Å². The molecule has 0 aliphatic rings. The second kappa shape index (κ2) is 6.78. The number of aromatic nitrogens is 2. The highest BCUT2D eigenvalue weighted by atomic mass is 31.2. The van der Waals surface area contributed by atoms with Crippen LogP contribution in [0.3, 0.4) is 0 Å². The largest absolute Gasteiger partial charge is 0.394 e. The highest BCUT2D eigenvalue weighted by Crippen LogP contribution is 2.34. The summed E-state index contributed by atoms with van der Waals surface area (Å²) in [6.45, 7) is -0.521. The van der Waals surface area contributed by atoms with Crippen LogP contribution in [0, 0.1) is 0 Å². The van der Waals surface area contributed by atoms with Gasteiger partial charge in [0.05, 0.1) is 19.3 Å². The molecule has 0 aliphatic heterocycles. The average molecular weight is 293 g/mol. The molecule has 0 aliphatic carbocycles. The van der Waals surface area contributed by atoms with E-state index in [1.165, 1.54) is 10.8 Å². The second-order valence-corrected chi connectivity index (χ2v) is 5.35. The molecule has 0 radical (unpaired) electrons. The molecule has 4 N–H and O–H groups in total. The molecule has 0 aromatic carbocycles. The SMILES string of the molecule is CNc1ccn(C[C@@H](CO)OCP(=O)(O)O)c(=O)n1. The van der Waals surface area contributed by atoms with Crippen LogP contribution >= 0.6 is 7.60 Å². The maximum absolute atomic E-state index is 11.6. The fraction of sp³-hybridized carbons (Fsp3) is 0.556. The highest BCUT2D eigenvalue weighted by molar-refractivity contribution is 7.51. The van der Waals surface area contributed by atoms with E-state index in [2.05, 4.69) is 10.3 Å². The fourth-order valence-corrected chi connectivity index (χ4v) is 1.70. The van der Waals surface area contributed by atoms with Crippen molar-refractivity contribution >= 4 is 13.4 Å². The van der Waals surface area contributed by atoms with E-state index in [9.17, 15) is 9.36 Å². The van der Waals surface area contributed by atoms with E-state index in [1.807, 2.05) is 0 Å². The first-order valence-electron chi connectivity index (χ1n) is 5.38. The van der Waals surface area contributed by atoms with Crippen molar-refractivity contribution < 1.29 is 24.2 Å². The van der Waals surface area contributed by atoms with Crippen LogP contribution in [0.25, 0.3) is 0 Å². The van der Waals surface area contributed by atoms with E-state index in [0.717, 1.165) is 0 Å². The van der Waals surface area contributed by atoms with Gasteiger partial charge in [0.15, 0.2) is 0 Å². The van der Waals surface area contributed by atoms with Gasteiger partial charge in [-0.3, -0.25) is 9.13 Å². The van der Waals surface area contributed by atoms with Crippen molar-refractivity contribution in [3.05, 3.63) is 22.7 Å². The summed E-state index contributed by atoms with van der Waals surface area (Å²) in [5.74, 6) is 0.401. The van der Waals surface area contributed by atoms with Gasteiger partial charge in [-0.25, -0.2) is 4.79 Å². The smallest absolute Gasteiger partial charge is 0.350 e. The van der Waals surface area contributed by atoms with Crippen LogP contribution in [0.15, 0.2) is 17.1 Å². The molecule has 0 unspecified atom stereocenters. The molecular weight excluding hydrogens is 277 g/mol. The van der Waals surface area contributed by atoms with Crippen LogP contribution in [0.1, 0.15) is 0 Å². The van der Waals surface area contributed by atoms with Gasteiger partial charge in [-0.1, -0.05) is 0 Å². The molecule has 0 bridgehead atoms. The molecule has 1 aromatic rings. The van der Waals surface area contributed by atoms with E-state index in [1.54, 1.807) is 13.1 Å². The Hall–Kier alpha value is -1.25. The Morgan fingerprint density at radius 3 is 2.74 bits per heavy atom. The fourth-order valence-electron chi connectivity index (χ4n) is 1.29. The molecule has 1 heterocycles. The number of hydrogen-bond acceptors (Lipinski definition) is 6. The number of nitrogens with zero attached hydrogens (tertiary/aromatic N) is 2. The molecule has 10 heteroatoms. The minimum absolute atomic E-state index is 0.0493. The van der Waals surface area contributed by atoms with Crippen LogP contribution in [0.2, 0.25) is 0 Å². The van der Waals surface area contributed by atoms with Crippen molar-refractivity contribution in [2.24, 2.45) is 0 Å². The summed E-state index contributed by atoms with van der Waals surface area (Å²) in [6.07, 6.45) is -0.257. The zero-order chi connectivity index (χ0) is 14.5. The summed E-state index contributed by atoms with van der Waals surface area (Å²) in [4.78, 5) is 32.6. The molecule has 0 amide bonds. The minimum Gasteiger partial charge on any atom is -0.394 e. The number of aliphatic hydroxyl groups is 1. The van der Waals surface area contributed by atoms with Gasteiger partial charge in [-0.05, 0) is 6.07 Å². The van der Waals surface area contributed by atoms with Gasteiger partial charge in [0.2, 0.25) is 0 Å². The summed E-state index contributed by atoms with van der Waals surface area (Å²) in [5, 5.41) is 11.7. The Morgan fingerprint density at radius 1 is 1.58 bits per heavy atom. The Morgan fingerprint density at radius 2 is 2.26 bits per heavy atom. The Balaban J connectivity index is 2.71. The number of rotatable bonds is 7. The lowest BCUT2D eigenvalue weighted by Gasteiger charge is -2.17. The molecule has 0 saturated carbocycles. The summed E-state index contributed by atoms with van der Waals surface area (Å²) in [7, 11) is -2.69. The van der Waals surface area contributed by atoms with Crippen LogP contribution < -0.4 is 11.0 Å². The summed E-state index contributed by atoms with van der Waals surface area (Å²) < 4.78 is 16.7. The van der Waals surface area contributed by atoms with E-state index in [0.29, 0.717) is 5.82 Å². The average Bonchev–Trinajstić information content (AvgIpc) is 2.35. The monoisotopic (exact) mass is 293 g/mol. The van der Waals surface area contributed by atoms with Crippen molar-refractivity contribution in [1.29, 1.82) is 0 Å². The van der Waals surface area contributed by atoms with Crippen LogP contribution in [-0.4, -0.2) is 50.6 Å². The maximum Gasteiger partial charge on any atom is 0.350 e. The Kier molecular flexibility index (Phi) is 5.64. The molecule has 1 aromatic heterocycles. The molecule has 1 rings (SSSR count). The summed E-state index contributed by atoms with van der Waals surface area (Å²) in [6, 6.07) is 1.55. The number of ether oxygens (including phenoxy) is 1. The normalized spacial score (nSPS) is 13.3. The van der Waals surface area contributed by atoms with Gasteiger partial charge in [-0.15, -0.1) is 0 Å². The lowest BCUT2D eigenvalue weighted by molar-refractivity contribution is 0.0188. The van der Waals surface area contributed by atoms with Crippen molar-refractivity contribution in [3.8, 4) is 0 Å². The van der Waals surface area contributed by atoms with Crippen molar-refractivity contribution in [3.63, 3.8) is 0 Å². The van der Waals surface area contributed by atoms with Crippen molar-refractivity contribution in [1.82, 2.24) is 9.55 Å². The van der Waals surface area contributed by atoms with E-state index in [-0.39, 0.29) is 6.54 Å². The van der Waals surface area contributed by atoms with Crippen molar-refractivity contribution in [2.75, 3.05) is 25.3 Å². The lowest BCUT2D eigenvalue weighted by atomic mass is 10.3.